The Kier molecular flexibility index (Phi) is 4.06. The number of rotatable bonds is 3. The molecule has 1 aromatic rings. The average molecular weight is 233 g/mol. The van der Waals surface area contributed by atoms with E-state index >= 15 is 0 Å². The molecule has 1 fully saturated rings. The van der Waals surface area contributed by atoms with Gasteiger partial charge in [-0.3, -0.25) is 0 Å². The van der Waals surface area contributed by atoms with Crippen molar-refractivity contribution in [2.45, 2.75) is 38.5 Å². The molecular weight excluding hydrogens is 210 g/mol. The van der Waals surface area contributed by atoms with E-state index in [9.17, 15) is 0 Å². The van der Waals surface area contributed by atoms with Gasteiger partial charge in [-0.2, -0.15) is 0 Å². The van der Waals surface area contributed by atoms with Crippen molar-refractivity contribution in [1.29, 1.82) is 0 Å². The topological polar surface area (TPSA) is 21.3 Å². The van der Waals surface area contributed by atoms with E-state index in [0.717, 1.165) is 18.8 Å². The number of nitrogens with one attached hydrogen (secondary N) is 1. The van der Waals surface area contributed by atoms with Crippen molar-refractivity contribution in [1.82, 2.24) is 5.32 Å². The smallest absolute Gasteiger partial charge is 0.122 e. The molecule has 0 spiro atoms. The van der Waals surface area contributed by atoms with Crippen LogP contribution in [0.4, 0.5) is 0 Å². The molecule has 1 heterocycles. The second-order valence-electron chi connectivity index (χ2n) is 5.20. The van der Waals surface area contributed by atoms with Gasteiger partial charge in [0.05, 0.1) is 7.11 Å². The molecule has 1 aromatic carbocycles. The molecule has 1 saturated heterocycles. The van der Waals surface area contributed by atoms with Crippen molar-refractivity contribution in [2.75, 3.05) is 20.2 Å². The molecule has 0 bridgehead atoms. The SMILES string of the molecule is COc1cc(C(C)C)ccc1C1CCCNC1. The van der Waals surface area contributed by atoms with Crippen LogP contribution in [-0.4, -0.2) is 20.2 Å². The van der Waals surface area contributed by atoms with Crippen LogP contribution >= 0.6 is 0 Å². The maximum Gasteiger partial charge on any atom is 0.122 e. The normalized spacial score (nSPS) is 20.6. The van der Waals surface area contributed by atoms with Crippen molar-refractivity contribution >= 4 is 0 Å². The zero-order valence-corrected chi connectivity index (χ0v) is 11.1. The summed E-state index contributed by atoms with van der Waals surface area (Å²) in [5.74, 6) is 2.23. The minimum atomic E-state index is 0.558. The number of hydrogen-bond acceptors (Lipinski definition) is 2. The van der Waals surface area contributed by atoms with Gasteiger partial charge < -0.3 is 10.1 Å². The zero-order valence-electron chi connectivity index (χ0n) is 11.1. The fourth-order valence-corrected chi connectivity index (χ4v) is 2.54. The van der Waals surface area contributed by atoms with Crippen LogP contribution in [0.2, 0.25) is 0 Å². The summed E-state index contributed by atoms with van der Waals surface area (Å²) in [5, 5.41) is 3.47. The van der Waals surface area contributed by atoms with Crippen LogP contribution < -0.4 is 10.1 Å². The highest BCUT2D eigenvalue weighted by Gasteiger charge is 2.19. The molecule has 2 heteroatoms. The second-order valence-corrected chi connectivity index (χ2v) is 5.20. The molecule has 0 radical (unpaired) electrons. The van der Waals surface area contributed by atoms with Gasteiger partial charge in [-0.15, -0.1) is 0 Å². The molecule has 2 nitrogen and oxygen atoms in total. The van der Waals surface area contributed by atoms with Gasteiger partial charge in [0.25, 0.3) is 0 Å². The molecule has 2 rings (SSSR count). The largest absolute Gasteiger partial charge is 0.496 e. The zero-order chi connectivity index (χ0) is 12.3. The first-order chi connectivity index (χ1) is 8.22. The molecule has 0 amide bonds. The van der Waals surface area contributed by atoms with Crippen molar-refractivity contribution in [3.05, 3.63) is 29.3 Å². The predicted octanol–water partition coefficient (Wildman–Crippen LogP) is 3.29. The Bertz CT molecular complexity index is 367. The number of piperidine rings is 1. The Balaban J connectivity index is 2.26. The summed E-state index contributed by atoms with van der Waals surface area (Å²) >= 11 is 0. The van der Waals surface area contributed by atoms with Crippen LogP contribution in [-0.2, 0) is 0 Å². The first kappa shape index (κ1) is 12.4. The number of ether oxygens (including phenoxy) is 1. The monoisotopic (exact) mass is 233 g/mol. The second kappa shape index (κ2) is 5.54. The van der Waals surface area contributed by atoms with Gasteiger partial charge in [-0.1, -0.05) is 26.0 Å². The summed E-state index contributed by atoms with van der Waals surface area (Å²) in [5.41, 5.74) is 2.72. The minimum Gasteiger partial charge on any atom is -0.496 e. The van der Waals surface area contributed by atoms with Crippen molar-refractivity contribution in [2.24, 2.45) is 0 Å². The molecule has 1 unspecified atom stereocenters. The molecule has 1 N–H and O–H groups in total. The summed E-state index contributed by atoms with van der Waals surface area (Å²) in [6, 6.07) is 6.71. The summed E-state index contributed by atoms with van der Waals surface area (Å²) in [6.07, 6.45) is 2.53. The van der Waals surface area contributed by atoms with Gasteiger partial charge in [0, 0.05) is 12.5 Å². The van der Waals surface area contributed by atoms with E-state index in [2.05, 4.69) is 37.4 Å². The van der Waals surface area contributed by atoms with Crippen molar-refractivity contribution in [3.8, 4) is 5.75 Å². The van der Waals surface area contributed by atoms with E-state index in [1.165, 1.54) is 24.0 Å². The Morgan fingerprint density at radius 1 is 1.35 bits per heavy atom. The molecule has 0 aliphatic carbocycles. The van der Waals surface area contributed by atoms with Gasteiger partial charge in [0.15, 0.2) is 0 Å². The van der Waals surface area contributed by atoms with Gasteiger partial charge in [0.2, 0.25) is 0 Å². The number of hydrogen-bond donors (Lipinski definition) is 1. The van der Waals surface area contributed by atoms with E-state index in [-0.39, 0.29) is 0 Å². The highest BCUT2D eigenvalue weighted by atomic mass is 16.5. The summed E-state index contributed by atoms with van der Waals surface area (Å²) < 4.78 is 5.56. The lowest BCUT2D eigenvalue weighted by Gasteiger charge is -2.25. The molecule has 17 heavy (non-hydrogen) atoms. The van der Waals surface area contributed by atoms with Crippen LogP contribution in [0.25, 0.3) is 0 Å². The van der Waals surface area contributed by atoms with Gasteiger partial charge in [-0.05, 0) is 42.5 Å². The van der Waals surface area contributed by atoms with E-state index < -0.39 is 0 Å². The first-order valence-electron chi connectivity index (χ1n) is 6.61. The quantitative estimate of drug-likeness (QED) is 0.865. The van der Waals surface area contributed by atoms with Crippen LogP contribution in [0.15, 0.2) is 18.2 Å². The predicted molar refractivity (Wildman–Crippen MR) is 71.9 cm³/mol. The molecule has 0 saturated carbocycles. The molecular formula is C15H23NO. The Labute approximate surface area is 104 Å². The van der Waals surface area contributed by atoms with E-state index in [1.807, 2.05) is 0 Å². The van der Waals surface area contributed by atoms with Gasteiger partial charge in [-0.25, -0.2) is 0 Å². The van der Waals surface area contributed by atoms with E-state index in [1.54, 1.807) is 7.11 Å². The first-order valence-corrected chi connectivity index (χ1v) is 6.61. The van der Waals surface area contributed by atoms with Crippen molar-refractivity contribution in [3.63, 3.8) is 0 Å². The maximum atomic E-state index is 5.56. The Morgan fingerprint density at radius 2 is 2.18 bits per heavy atom. The van der Waals surface area contributed by atoms with Crippen molar-refractivity contribution < 1.29 is 4.74 Å². The van der Waals surface area contributed by atoms with Gasteiger partial charge in [0.1, 0.15) is 5.75 Å². The fraction of sp³-hybridized carbons (Fsp3) is 0.600. The van der Waals surface area contributed by atoms with E-state index in [0.29, 0.717) is 11.8 Å². The molecule has 1 atom stereocenters. The minimum absolute atomic E-state index is 0.558. The van der Waals surface area contributed by atoms with Gasteiger partial charge >= 0.3 is 0 Å². The molecule has 1 aliphatic heterocycles. The van der Waals surface area contributed by atoms with Crippen LogP contribution in [0, 0.1) is 0 Å². The molecule has 1 aliphatic rings. The third-order valence-corrected chi connectivity index (χ3v) is 3.66. The summed E-state index contributed by atoms with van der Waals surface area (Å²) in [4.78, 5) is 0. The Hall–Kier alpha value is -1.02. The highest BCUT2D eigenvalue weighted by molar-refractivity contribution is 5.41. The molecule has 94 valence electrons. The fourth-order valence-electron chi connectivity index (χ4n) is 2.54. The third kappa shape index (κ3) is 2.81. The number of benzene rings is 1. The standard InChI is InChI=1S/C15H23NO/c1-11(2)12-6-7-14(15(9-12)17-3)13-5-4-8-16-10-13/h6-7,9,11,13,16H,4-5,8,10H2,1-3H3. The average Bonchev–Trinajstić information content (AvgIpc) is 2.39. The van der Waals surface area contributed by atoms with Crippen LogP contribution in [0.5, 0.6) is 5.75 Å². The Morgan fingerprint density at radius 3 is 2.76 bits per heavy atom. The third-order valence-electron chi connectivity index (χ3n) is 3.66. The lowest BCUT2D eigenvalue weighted by atomic mass is 9.89. The van der Waals surface area contributed by atoms with Crippen LogP contribution in [0.1, 0.15) is 49.7 Å². The molecule has 0 aromatic heterocycles. The summed E-state index contributed by atoms with van der Waals surface area (Å²) in [6.45, 7) is 6.67. The summed E-state index contributed by atoms with van der Waals surface area (Å²) in [7, 11) is 1.78. The van der Waals surface area contributed by atoms with Crippen LogP contribution in [0.3, 0.4) is 0 Å². The highest BCUT2D eigenvalue weighted by Crippen LogP contribution is 2.33. The lowest BCUT2D eigenvalue weighted by Crippen LogP contribution is -2.28. The lowest BCUT2D eigenvalue weighted by molar-refractivity contribution is 0.391. The maximum absolute atomic E-state index is 5.56. The van der Waals surface area contributed by atoms with E-state index in [4.69, 9.17) is 4.74 Å². The number of methoxy groups -OCH3 is 1.